The third-order valence-corrected chi connectivity index (χ3v) is 1.73. The molecule has 66 valence electrons. The fraction of sp³-hybridized carbons (Fsp3) is 1.00. The molecule has 0 spiro atoms. The zero-order valence-electron chi connectivity index (χ0n) is 7.04. The molecule has 0 amide bonds. The Hall–Kier alpha value is -0.120. The Morgan fingerprint density at radius 1 is 1.36 bits per heavy atom. The van der Waals surface area contributed by atoms with Gasteiger partial charge in [0.15, 0.2) is 6.29 Å². The smallest absolute Gasteiger partial charge is 0.157 e. The van der Waals surface area contributed by atoms with Gasteiger partial charge in [0, 0.05) is 13.7 Å². The maximum atomic E-state index is 5.38. The molecule has 1 saturated heterocycles. The van der Waals surface area contributed by atoms with Gasteiger partial charge >= 0.3 is 0 Å². The second-order valence-corrected chi connectivity index (χ2v) is 2.66. The number of methoxy groups -OCH3 is 1. The molecular weight excluding hydrogens is 144 g/mol. The van der Waals surface area contributed by atoms with Crippen LogP contribution in [-0.4, -0.2) is 33.2 Å². The van der Waals surface area contributed by atoms with Crippen LogP contribution in [0.1, 0.15) is 19.3 Å². The van der Waals surface area contributed by atoms with E-state index in [1.165, 1.54) is 12.8 Å². The summed E-state index contributed by atoms with van der Waals surface area (Å²) in [5, 5.41) is 0. The van der Waals surface area contributed by atoms with E-state index in [9.17, 15) is 0 Å². The molecule has 1 heterocycles. The molecule has 0 aliphatic carbocycles. The molecule has 3 heteroatoms. The van der Waals surface area contributed by atoms with Gasteiger partial charge in [-0.1, -0.05) is 0 Å². The van der Waals surface area contributed by atoms with Gasteiger partial charge in [0.2, 0.25) is 0 Å². The van der Waals surface area contributed by atoms with E-state index in [2.05, 4.69) is 0 Å². The fourth-order valence-electron chi connectivity index (χ4n) is 1.11. The molecule has 11 heavy (non-hydrogen) atoms. The first kappa shape index (κ1) is 8.97. The Bertz CT molecular complexity index is 89.3. The Morgan fingerprint density at radius 2 is 2.27 bits per heavy atom. The summed E-state index contributed by atoms with van der Waals surface area (Å²) in [4.78, 5) is 0. The van der Waals surface area contributed by atoms with Crippen molar-refractivity contribution in [2.75, 3.05) is 26.9 Å². The summed E-state index contributed by atoms with van der Waals surface area (Å²) >= 11 is 0. The Morgan fingerprint density at radius 3 is 2.91 bits per heavy atom. The third kappa shape index (κ3) is 3.70. The first-order valence-electron chi connectivity index (χ1n) is 4.15. The molecule has 1 atom stereocenters. The van der Waals surface area contributed by atoms with Crippen LogP contribution in [0.3, 0.4) is 0 Å². The van der Waals surface area contributed by atoms with Crippen LogP contribution in [0.15, 0.2) is 0 Å². The summed E-state index contributed by atoms with van der Waals surface area (Å²) < 4.78 is 15.6. The average Bonchev–Trinajstić information content (AvgIpc) is 2.07. The first-order chi connectivity index (χ1) is 5.43. The molecule has 0 saturated carbocycles. The minimum absolute atomic E-state index is 0.0268. The molecule has 1 aliphatic rings. The molecule has 0 N–H and O–H groups in total. The molecular formula is C8H16O3. The number of rotatable bonds is 4. The fourth-order valence-corrected chi connectivity index (χ4v) is 1.11. The summed E-state index contributed by atoms with van der Waals surface area (Å²) in [6, 6.07) is 0. The predicted octanol–water partition coefficient (Wildman–Crippen LogP) is 1.18. The van der Waals surface area contributed by atoms with Crippen LogP contribution in [0.25, 0.3) is 0 Å². The van der Waals surface area contributed by atoms with Crippen LogP contribution in [0.4, 0.5) is 0 Å². The van der Waals surface area contributed by atoms with Crippen molar-refractivity contribution in [1.82, 2.24) is 0 Å². The molecule has 3 nitrogen and oxygen atoms in total. The van der Waals surface area contributed by atoms with E-state index in [0.29, 0.717) is 13.2 Å². The second kappa shape index (κ2) is 5.52. The monoisotopic (exact) mass is 160 g/mol. The van der Waals surface area contributed by atoms with Gasteiger partial charge in [0.1, 0.15) is 0 Å². The van der Waals surface area contributed by atoms with Crippen molar-refractivity contribution in [3.8, 4) is 0 Å². The third-order valence-electron chi connectivity index (χ3n) is 1.73. The highest BCUT2D eigenvalue weighted by Crippen LogP contribution is 2.13. The van der Waals surface area contributed by atoms with E-state index in [4.69, 9.17) is 14.2 Å². The van der Waals surface area contributed by atoms with Crippen molar-refractivity contribution in [3.63, 3.8) is 0 Å². The van der Waals surface area contributed by atoms with E-state index < -0.39 is 0 Å². The molecule has 0 radical (unpaired) electrons. The van der Waals surface area contributed by atoms with Crippen LogP contribution in [-0.2, 0) is 14.2 Å². The van der Waals surface area contributed by atoms with Crippen LogP contribution in [0, 0.1) is 0 Å². The SMILES string of the molecule is COCCOC1CCCCO1. The van der Waals surface area contributed by atoms with Gasteiger partial charge in [-0.25, -0.2) is 0 Å². The molecule has 0 aromatic heterocycles. The predicted molar refractivity (Wildman–Crippen MR) is 41.4 cm³/mol. The normalized spacial score (nSPS) is 25.4. The maximum absolute atomic E-state index is 5.38. The Balaban J connectivity index is 1.96. The zero-order valence-corrected chi connectivity index (χ0v) is 7.04. The van der Waals surface area contributed by atoms with Crippen molar-refractivity contribution in [2.45, 2.75) is 25.6 Å². The quantitative estimate of drug-likeness (QED) is 0.578. The van der Waals surface area contributed by atoms with E-state index >= 15 is 0 Å². The van der Waals surface area contributed by atoms with Crippen molar-refractivity contribution in [2.24, 2.45) is 0 Å². The largest absolute Gasteiger partial charge is 0.382 e. The molecule has 1 aliphatic heterocycles. The lowest BCUT2D eigenvalue weighted by Gasteiger charge is -2.22. The minimum Gasteiger partial charge on any atom is -0.382 e. The van der Waals surface area contributed by atoms with Gasteiger partial charge in [-0.2, -0.15) is 0 Å². The highest BCUT2D eigenvalue weighted by molar-refractivity contribution is 4.53. The van der Waals surface area contributed by atoms with Crippen LogP contribution < -0.4 is 0 Å². The van der Waals surface area contributed by atoms with Gasteiger partial charge < -0.3 is 14.2 Å². The van der Waals surface area contributed by atoms with Crippen molar-refractivity contribution < 1.29 is 14.2 Å². The Kier molecular flexibility index (Phi) is 4.50. The average molecular weight is 160 g/mol. The molecule has 0 bridgehead atoms. The van der Waals surface area contributed by atoms with Crippen LogP contribution >= 0.6 is 0 Å². The highest BCUT2D eigenvalue weighted by Gasteiger charge is 2.12. The molecule has 1 unspecified atom stereocenters. The van der Waals surface area contributed by atoms with Crippen molar-refractivity contribution >= 4 is 0 Å². The lowest BCUT2D eigenvalue weighted by Crippen LogP contribution is -2.23. The van der Waals surface area contributed by atoms with E-state index in [-0.39, 0.29) is 6.29 Å². The first-order valence-corrected chi connectivity index (χ1v) is 4.15. The van der Waals surface area contributed by atoms with E-state index in [1.807, 2.05) is 0 Å². The minimum atomic E-state index is 0.0268. The van der Waals surface area contributed by atoms with Gasteiger partial charge in [-0.15, -0.1) is 0 Å². The second-order valence-electron chi connectivity index (χ2n) is 2.66. The number of hydrogen-bond donors (Lipinski definition) is 0. The van der Waals surface area contributed by atoms with E-state index in [0.717, 1.165) is 13.0 Å². The standard InChI is InChI=1S/C8H16O3/c1-9-6-7-11-8-4-2-3-5-10-8/h8H,2-7H2,1H3. The lowest BCUT2D eigenvalue weighted by atomic mass is 10.2. The molecule has 0 aromatic carbocycles. The summed E-state index contributed by atoms with van der Waals surface area (Å²) in [6.07, 6.45) is 3.45. The van der Waals surface area contributed by atoms with Crippen LogP contribution in [0.5, 0.6) is 0 Å². The summed E-state index contributed by atoms with van der Waals surface area (Å²) in [5.41, 5.74) is 0. The summed E-state index contributed by atoms with van der Waals surface area (Å²) in [7, 11) is 1.67. The summed E-state index contributed by atoms with van der Waals surface area (Å²) in [6.45, 7) is 2.14. The topological polar surface area (TPSA) is 27.7 Å². The van der Waals surface area contributed by atoms with Gasteiger partial charge in [-0.3, -0.25) is 0 Å². The van der Waals surface area contributed by atoms with Gasteiger partial charge in [-0.05, 0) is 19.3 Å². The number of ether oxygens (including phenoxy) is 3. The van der Waals surface area contributed by atoms with E-state index in [1.54, 1.807) is 7.11 Å². The van der Waals surface area contributed by atoms with Crippen molar-refractivity contribution in [3.05, 3.63) is 0 Å². The van der Waals surface area contributed by atoms with Gasteiger partial charge in [0.25, 0.3) is 0 Å². The molecule has 0 aromatic rings. The maximum Gasteiger partial charge on any atom is 0.157 e. The highest BCUT2D eigenvalue weighted by atomic mass is 16.7. The molecule has 1 fully saturated rings. The number of hydrogen-bond acceptors (Lipinski definition) is 3. The van der Waals surface area contributed by atoms with Crippen LogP contribution in [0.2, 0.25) is 0 Å². The lowest BCUT2D eigenvalue weighted by molar-refractivity contribution is -0.167. The Labute approximate surface area is 67.6 Å². The van der Waals surface area contributed by atoms with Gasteiger partial charge in [0.05, 0.1) is 13.2 Å². The zero-order chi connectivity index (χ0) is 7.94. The summed E-state index contributed by atoms with van der Waals surface area (Å²) in [5.74, 6) is 0. The van der Waals surface area contributed by atoms with Crippen molar-refractivity contribution in [1.29, 1.82) is 0 Å². The molecule has 1 rings (SSSR count).